The van der Waals surface area contributed by atoms with E-state index in [1.54, 1.807) is 0 Å². The van der Waals surface area contributed by atoms with Gasteiger partial charge in [-0.25, -0.2) is 0 Å². The van der Waals surface area contributed by atoms with E-state index in [9.17, 15) is 0 Å². The first-order chi connectivity index (χ1) is 8.45. The summed E-state index contributed by atoms with van der Waals surface area (Å²) in [4.78, 5) is 0. The molecule has 0 aromatic heterocycles. The molecule has 1 saturated heterocycles. The van der Waals surface area contributed by atoms with Gasteiger partial charge in [0.2, 0.25) is 0 Å². The Labute approximate surface area is 102 Å². The Balaban J connectivity index is 2.04. The summed E-state index contributed by atoms with van der Waals surface area (Å²) in [5.74, 6) is 0. The van der Waals surface area contributed by atoms with Gasteiger partial charge < -0.3 is 5.32 Å². The summed E-state index contributed by atoms with van der Waals surface area (Å²) in [5, 5.41) is 3.55. The molecule has 1 aliphatic rings. The lowest BCUT2D eigenvalue weighted by Gasteiger charge is -2.15. The van der Waals surface area contributed by atoms with E-state index >= 15 is 0 Å². The second-order valence-electron chi connectivity index (χ2n) is 4.51. The highest BCUT2D eigenvalue weighted by Crippen LogP contribution is 2.31. The van der Waals surface area contributed by atoms with Crippen LogP contribution in [0.1, 0.15) is 24.4 Å². The minimum atomic E-state index is 0.478. The minimum absolute atomic E-state index is 0.478. The Morgan fingerprint density at radius 3 is 2.71 bits per heavy atom. The van der Waals surface area contributed by atoms with Crippen molar-refractivity contribution in [1.82, 2.24) is 5.32 Å². The molecular formula is C16H16N. The number of hydrogen-bond donors (Lipinski definition) is 1. The van der Waals surface area contributed by atoms with Gasteiger partial charge in [-0.3, -0.25) is 0 Å². The van der Waals surface area contributed by atoms with Crippen LogP contribution < -0.4 is 5.32 Å². The fraction of sp³-hybridized carbons (Fsp3) is 0.250. The van der Waals surface area contributed by atoms with E-state index in [2.05, 4.69) is 53.8 Å². The average molecular weight is 222 g/mol. The molecule has 2 aromatic carbocycles. The summed E-state index contributed by atoms with van der Waals surface area (Å²) in [5.41, 5.74) is 3.91. The number of rotatable bonds is 2. The van der Waals surface area contributed by atoms with Gasteiger partial charge in [0.05, 0.1) is 0 Å². The van der Waals surface area contributed by atoms with E-state index in [4.69, 9.17) is 0 Å². The molecule has 1 nitrogen and oxygen atoms in total. The van der Waals surface area contributed by atoms with Gasteiger partial charge in [-0.2, -0.15) is 0 Å². The lowest BCUT2D eigenvalue weighted by Crippen LogP contribution is -2.13. The molecule has 1 heterocycles. The normalized spacial score (nSPS) is 19.4. The molecule has 0 amide bonds. The van der Waals surface area contributed by atoms with Gasteiger partial charge in [0.25, 0.3) is 0 Å². The number of hydrogen-bond acceptors (Lipinski definition) is 1. The third-order valence-electron chi connectivity index (χ3n) is 3.38. The first-order valence-electron chi connectivity index (χ1n) is 6.24. The monoisotopic (exact) mass is 222 g/mol. The fourth-order valence-electron chi connectivity index (χ4n) is 2.54. The third-order valence-corrected chi connectivity index (χ3v) is 3.38. The minimum Gasteiger partial charge on any atom is -0.310 e. The Kier molecular flexibility index (Phi) is 2.93. The van der Waals surface area contributed by atoms with E-state index < -0.39 is 0 Å². The Bertz CT molecular complexity index is 484. The van der Waals surface area contributed by atoms with Crippen LogP contribution in [-0.4, -0.2) is 6.54 Å². The standard InChI is InChI=1S/C16H16N/c1-2-7-13(8-3-1)14-9-4-5-10-15(14)16-11-6-12-17-16/h1-5,7-9,16-17H,6,11-12H2. The summed E-state index contributed by atoms with van der Waals surface area (Å²) in [7, 11) is 0. The molecule has 3 rings (SSSR count). The molecule has 1 fully saturated rings. The van der Waals surface area contributed by atoms with Gasteiger partial charge >= 0.3 is 0 Å². The molecule has 17 heavy (non-hydrogen) atoms. The van der Waals surface area contributed by atoms with Crippen LogP contribution >= 0.6 is 0 Å². The van der Waals surface area contributed by atoms with Crippen LogP contribution in [0.15, 0.2) is 48.5 Å². The zero-order valence-corrected chi connectivity index (χ0v) is 9.82. The molecule has 2 aromatic rings. The van der Waals surface area contributed by atoms with E-state index in [1.807, 2.05) is 6.07 Å². The van der Waals surface area contributed by atoms with Crippen molar-refractivity contribution < 1.29 is 0 Å². The van der Waals surface area contributed by atoms with Crippen molar-refractivity contribution in [3.8, 4) is 11.1 Å². The average Bonchev–Trinajstić information content (AvgIpc) is 2.94. The predicted molar refractivity (Wildman–Crippen MR) is 70.7 cm³/mol. The lowest BCUT2D eigenvalue weighted by atomic mass is 9.94. The Morgan fingerprint density at radius 2 is 1.94 bits per heavy atom. The van der Waals surface area contributed by atoms with E-state index in [1.165, 1.54) is 29.5 Å². The zero-order chi connectivity index (χ0) is 11.5. The quantitative estimate of drug-likeness (QED) is 0.819. The molecular weight excluding hydrogens is 206 g/mol. The summed E-state index contributed by atoms with van der Waals surface area (Å²) in [6, 6.07) is 20.8. The Hall–Kier alpha value is -1.60. The maximum Gasteiger partial charge on any atom is 0.0333 e. The summed E-state index contributed by atoms with van der Waals surface area (Å²) >= 11 is 0. The van der Waals surface area contributed by atoms with Crippen LogP contribution in [0.25, 0.3) is 11.1 Å². The van der Waals surface area contributed by atoms with Crippen LogP contribution in [0.5, 0.6) is 0 Å². The van der Waals surface area contributed by atoms with E-state index in [0.717, 1.165) is 6.54 Å². The molecule has 1 heteroatoms. The maximum absolute atomic E-state index is 3.55. The van der Waals surface area contributed by atoms with Gasteiger partial charge in [0.1, 0.15) is 0 Å². The molecule has 1 unspecified atom stereocenters. The summed E-state index contributed by atoms with van der Waals surface area (Å²) in [6.45, 7) is 1.13. The topological polar surface area (TPSA) is 12.0 Å². The van der Waals surface area contributed by atoms with Crippen molar-refractivity contribution in [2.24, 2.45) is 0 Å². The second-order valence-corrected chi connectivity index (χ2v) is 4.51. The lowest BCUT2D eigenvalue weighted by molar-refractivity contribution is 0.648. The van der Waals surface area contributed by atoms with Crippen LogP contribution in [0, 0.1) is 6.07 Å². The van der Waals surface area contributed by atoms with Crippen molar-refractivity contribution in [3.63, 3.8) is 0 Å². The molecule has 85 valence electrons. The first kappa shape index (κ1) is 10.5. The van der Waals surface area contributed by atoms with Crippen molar-refractivity contribution >= 4 is 0 Å². The molecule has 0 saturated carbocycles. The number of benzene rings is 2. The molecule has 0 aliphatic carbocycles. The summed E-state index contributed by atoms with van der Waals surface area (Å²) in [6.07, 6.45) is 2.49. The smallest absolute Gasteiger partial charge is 0.0333 e. The van der Waals surface area contributed by atoms with Crippen molar-refractivity contribution in [2.75, 3.05) is 6.54 Å². The molecule has 0 spiro atoms. The molecule has 1 aliphatic heterocycles. The number of nitrogens with one attached hydrogen (secondary N) is 1. The molecule has 1 atom stereocenters. The molecule has 1 N–H and O–H groups in total. The third kappa shape index (κ3) is 2.11. The second kappa shape index (κ2) is 4.72. The van der Waals surface area contributed by atoms with Gasteiger partial charge in [0, 0.05) is 6.04 Å². The van der Waals surface area contributed by atoms with E-state index in [-0.39, 0.29) is 0 Å². The highest BCUT2D eigenvalue weighted by atomic mass is 14.9. The largest absolute Gasteiger partial charge is 0.310 e. The van der Waals surface area contributed by atoms with Gasteiger partial charge in [-0.05, 0) is 42.1 Å². The van der Waals surface area contributed by atoms with Crippen molar-refractivity contribution in [3.05, 3.63) is 60.2 Å². The van der Waals surface area contributed by atoms with Crippen molar-refractivity contribution in [1.29, 1.82) is 0 Å². The van der Waals surface area contributed by atoms with Gasteiger partial charge in [-0.1, -0.05) is 48.5 Å². The molecule has 1 radical (unpaired) electrons. The highest BCUT2D eigenvalue weighted by molar-refractivity contribution is 5.67. The fourth-order valence-corrected chi connectivity index (χ4v) is 2.54. The SMILES string of the molecule is [c]1cccc(-c2ccccc2)c1C1CCCN1. The zero-order valence-electron chi connectivity index (χ0n) is 9.82. The van der Waals surface area contributed by atoms with Crippen LogP contribution in [0.4, 0.5) is 0 Å². The highest BCUT2D eigenvalue weighted by Gasteiger charge is 2.19. The van der Waals surface area contributed by atoms with Gasteiger partial charge in [0.15, 0.2) is 0 Å². The van der Waals surface area contributed by atoms with E-state index in [0.29, 0.717) is 6.04 Å². The molecule has 0 bridgehead atoms. The van der Waals surface area contributed by atoms with Gasteiger partial charge in [-0.15, -0.1) is 0 Å². The predicted octanol–water partition coefficient (Wildman–Crippen LogP) is 3.58. The Morgan fingerprint density at radius 1 is 1.06 bits per heavy atom. The first-order valence-corrected chi connectivity index (χ1v) is 6.24. The van der Waals surface area contributed by atoms with Crippen LogP contribution in [-0.2, 0) is 0 Å². The van der Waals surface area contributed by atoms with Crippen LogP contribution in [0.3, 0.4) is 0 Å². The summed E-state index contributed by atoms with van der Waals surface area (Å²) < 4.78 is 0. The van der Waals surface area contributed by atoms with Crippen molar-refractivity contribution in [2.45, 2.75) is 18.9 Å². The van der Waals surface area contributed by atoms with Crippen LogP contribution in [0.2, 0.25) is 0 Å². The maximum atomic E-state index is 3.55.